The molecule has 0 spiro atoms. The van der Waals surface area contributed by atoms with Crippen molar-refractivity contribution in [3.63, 3.8) is 0 Å². The van der Waals surface area contributed by atoms with Crippen molar-refractivity contribution in [3.05, 3.63) is 89.4 Å². The van der Waals surface area contributed by atoms with Gasteiger partial charge in [-0.1, -0.05) is 18.2 Å². The highest BCUT2D eigenvalue weighted by Gasteiger charge is 2.14. The van der Waals surface area contributed by atoms with Crippen molar-refractivity contribution in [2.45, 2.75) is 6.54 Å². The number of carbonyl (C=O) groups is 1. The van der Waals surface area contributed by atoms with E-state index in [1.165, 1.54) is 36.5 Å². The Morgan fingerprint density at radius 3 is 2.35 bits per heavy atom. The van der Waals surface area contributed by atoms with Crippen molar-refractivity contribution in [2.24, 2.45) is 0 Å². The van der Waals surface area contributed by atoms with Crippen LogP contribution in [-0.2, 0) is 6.54 Å². The van der Waals surface area contributed by atoms with Gasteiger partial charge in [-0.05, 0) is 42.0 Å². The first-order chi connectivity index (χ1) is 12.5. The number of nitrogens with one attached hydrogen (secondary N) is 2. The Hall–Kier alpha value is -3.35. The zero-order valence-corrected chi connectivity index (χ0v) is 13.5. The number of anilines is 2. The third kappa shape index (κ3) is 4.18. The van der Waals surface area contributed by atoms with Crippen LogP contribution in [0.4, 0.5) is 24.7 Å². The monoisotopic (exact) mass is 357 g/mol. The molecule has 3 rings (SSSR count). The number of para-hydroxylation sites is 1. The summed E-state index contributed by atoms with van der Waals surface area (Å²) in [5.74, 6) is -2.31. The minimum atomic E-state index is -0.859. The van der Waals surface area contributed by atoms with Crippen molar-refractivity contribution >= 4 is 17.4 Å². The van der Waals surface area contributed by atoms with Crippen LogP contribution in [0.1, 0.15) is 15.9 Å². The molecule has 0 saturated heterocycles. The van der Waals surface area contributed by atoms with Crippen LogP contribution in [0, 0.1) is 17.5 Å². The molecule has 0 atom stereocenters. The molecule has 1 aromatic heterocycles. The largest absolute Gasteiger partial charge is 0.366 e. The maximum Gasteiger partial charge on any atom is 0.256 e. The third-order valence-electron chi connectivity index (χ3n) is 3.61. The van der Waals surface area contributed by atoms with Crippen molar-refractivity contribution in [1.82, 2.24) is 4.98 Å². The summed E-state index contributed by atoms with van der Waals surface area (Å²) in [6.45, 7) is 0.375. The molecule has 0 saturated carbocycles. The maximum absolute atomic E-state index is 13.6. The summed E-state index contributed by atoms with van der Waals surface area (Å²) in [7, 11) is 0. The van der Waals surface area contributed by atoms with E-state index in [2.05, 4.69) is 15.6 Å². The first kappa shape index (κ1) is 17.5. The van der Waals surface area contributed by atoms with Crippen LogP contribution in [0.5, 0.6) is 0 Å². The fourth-order valence-electron chi connectivity index (χ4n) is 2.27. The molecule has 26 heavy (non-hydrogen) atoms. The van der Waals surface area contributed by atoms with E-state index < -0.39 is 23.2 Å². The minimum Gasteiger partial charge on any atom is -0.366 e. The van der Waals surface area contributed by atoms with Gasteiger partial charge in [-0.25, -0.2) is 18.2 Å². The summed E-state index contributed by atoms with van der Waals surface area (Å²) >= 11 is 0. The number of hydrogen-bond donors (Lipinski definition) is 2. The molecule has 3 aromatic rings. The Morgan fingerprint density at radius 1 is 0.962 bits per heavy atom. The predicted molar refractivity (Wildman–Crippen MR) is 92.3 cm³/mol. The van der Waals surface area contributed by atoms with E-state index in [4.69, 9.17) is 0 Å². The first-order valence-corrected chi connectivity index (χ1v) is 7.72. The lowest BCUT2D eigenvalue weighted by atomic mass is 10.2. The van der Waals surface area contributed by atoms with E-state index in [9.17, 15) is 18.0 Å². The fraction of sp³-hybridized carbons (Fsp3) is 0.0526. The molecular weight excluding hydrogens is 343 g/mol. The third-order valence-corrected chi connectivity index (χ3v) is 3.61. The lowest BCUT2D eigenvalue weighted by Gasteiger charge is -2.09. The van der Waals surface area contributed by atoms with Gasteiger partial charge in [0.15, 0.2) is 0 Å². The molecule has 2 N–H and O–H groups in total. The van der Waals surface area contributed by atoms with Gasteiger partial charge in [0.25, 0.3) is 5.91 Å². The van der Waals surface area contributed by atoms with Crippen LogP contribution >= 0.6 is 0 Å². The summed E-state index contributed by atoms with van der Waals surface area (Å²) in [4.78, 5) is 16.3. The van der Waals surface area contributed by atoms with Gasteiger partial charge in [-0.3, -0.25) is 4.79 Å². The Balaban J connectivity index is 1.70. The van der Waals surface area contributed by atoms with Crippen molar-refractivity contribution < 1.29 is 18.0 Å². The van der Waals surface area contributed by atoms with Crippen LogP contribution in [0.15, 0.2) is 60.8 Å². The number of rotatable bonds is 5. The predicted octanol–water partition coefficient (Wildman–Crippen LogP) is 4.36. The number of hydrogen-bond acceptors (Lipinski definition) is 3. The summed E-state index contributed by atoms with van der Waals surface area (Å²) in [6.07, 6.45) is 1.40. The van der Waals surface area contributed by atoms with E-state index in [1.807, 2.05) is 0 Å². The maximum atomic E-state index is 13.6. The van der Waals surface area contributed by atoms with E-state index in [0.29, 0.717) is 12.4 Å². The number of pyridine rings is 1. The first-order valence-electron chi connectivity index (χ1n) is 7.72. The normalized spacial score (nSPS) is 10.4. The molecule has 4 nitrogen and oxygen atoms in total. The van der Waals surface area contributed by atoms with E-state index in [-0.39, 0.29) is 11.4 Å². The van der Waals surface area contributed by atoms with Crippen molar-refractivity contribution in [3.8, 4) is 0 Å². The number of amides is 1. The van der Waals surface area contributed by atoms with Crippen molar-refractivity contribution in [1.29, 1.82) is 0 Å². The minimum absolute atomic E-state index is 0.184. The van der Waals surface area contributed by atoms with Gasteiger partial charge >= 0.3 is 0 Å². The van der Waals surface area contributed by atoms with Crippen LogP contribution in [0.2, 0.25) is 0 Å². The lowest BCUT2D eigenvalue weighted by Crippen LogP contribution is -2.15. The van der Waals surface area contributed by atoms with Crippen LogP contribution in [0.3, 0.4) is 0 Å². The van der Waals surface area contributed by atoms with Gasteiger partial charge in [-0.15, -0.1) is 0 Å². The Bertz CT molecular complexity index is 909. The van der Waals surface area contributed by atoms with Crippen molar-refractivity contribution in [2.75, 3.05) is 10.6 Å². The molecule has 0 aliphatic carbocycles. The highest BCUT2D eigenvalue weighted by Crippen LogP contribution is 2.19. The number of carbonyl (C=O) groups excluding carboxylic acids is 1. The summed E-state index contributed by atoms with van der Waals surface area (Å²) < 4.78 is 40.2. The average molecular weight is 357 g/mol. The highest BCUT2D eigenvalue weighted by atomic mass is 19.1. The molecular formula is C19H14F3N3O. The summed E-state index contributed by atoms with van der Waals surface area (Å²) in [5, 5.41) is 5.22. The van der Waals surface area contributed by atoms with Crippen LogP contribution in [0.25, 0.3) is 0 Å². The summed E-state index contributed by atoms with van der Waals surface area (Å²) in [6, 6.07) is 12.1. The van der Waals surface area contributed by atoms with Gasteiger partial charge in [-0.2, -0.15) is 0 Å². The highest BCUT2D eigenvalue weighted by molar-refractivity contribution is 6.04. The molecule has 0 radical (unpaired) electrons. The molecule has 7 heteroatoms. The van der Waals surface area contributed by atoms with Crippen LogP contribution in [-0.4, -0.2) is 10.9 Å². The average Bonchev–Trinajstić information content (AvgIpc) is 2.64. The second kappa shape index (κ2) is 7.69. The fourth-order valence-corrected chi connectivity index (χ4v) is 2.27. The molecule has 0 unspecified atom stereocenters. The molecule has 132 valence electrons. The molecule has 0 fully saturated rings. The lowest BCUT2D eigenvalue weighted by molar-refractivity contribution is 0.102. The zero-order valence-electron chi connectivity index (χ0n) is 13.5. The number of halogens is 3. The molecule has 0 bridgehead atoms. The second-order valence-electron chi connectivity index (χ2n) is 5.46. The molecule has 0 aliphatic heterocycles. The van der Waals surface area contributed by atoms with Gasteiger partial charge < -0.3 is 10.6 Å². The van der Waals surface area contributed by atoms with Crippen LogP contribution < -0.4 is 10.6 Å². The van der Waals surface area contributed by atoms with E-state index in [1.54, 1.807) is 12.1 Å². The molecule has 0 aliphatic rings. The Morgan fingerprint density at radius 2 is 1.65 bits per heavy atom. The summed E-state index contributed by atoms with van der Waals surface area (Å²) in [5.41, 5.74) is 0.510. The smallest absolute Gasteiger partial charge is 0.256 e. The Kier molecular flexibility index (Phi) is 5.17. The van der Waals surface area contributed by atoms with Gasteiger partial charge in [0, 0.05) is 18.3 Å². The van der Waals surface area contributed by atoms with E-state index in [0.717, 1.165) is 17.7 Å². The second-order valence-corrected chi connectivity index (χ2v) is 5.46. The van der Waals surface area contributed by atoms with Gasteiger partial charge in [0.05, 0.1) is 0 Å². The van der Waals surface area contributed by atoms with Gasteiger partial charge in [0.1, 0.15) is 29.0 Å². The standard InChI is InChI=1S/C19H14F3N3O/c20-14-6-4-12(5-7-14)11-24-17-10-13(8-9-23-17)19(26)25-18-15(21)2-1-3-16(18)22/h1-10H,11H2,(H,23,24)(H,25,26). The van der Waals surface area contributed by atoms with Gasteiger partial charge in [0.2, 0.25) is 0 Å². The number of nitrogens with zero attached hydrogens (tertiary/aromatic N) is 1. The number of benzene rings is 2. The number of aromatic nitrogens is 1. The molecule has 1 amide bonds. The molecule has 1 heterocycles. The Labute approximate surface area is 147 Å². The quantitative estimate of drug-likeness (QED) is 0.713. The zero-order chi connectivity index (χ0) is 18.5. The molecule has 2 aromatic carbocycles. The SMILES string of the molecule is O=C(Nc1c(F)cccc1F)c1ccnc(NCc2ccc(F)cc2)c1. The topological polar surface area (TPSA) is 54.0 Å². The van der Waals surface area contributed by atoms with E-state index >= 15 is 0 Å².